The highest BCUT2D eigenvalue weighted by Gasteiger charge is 2.28. The molecule has 2 amide bonds. The van der Waals surface area contributed by atoms with Gasteiger partial charge in [0.2, 0.25) is 5.91 Å². The number of fused-ring (bicyclic) bond motifs is 1. The Bertz CT molecular complexity index is 663. The highest BCUT2D eigenvalue weighted by molar-refractivity contribution is 7.17. The van der Waals surface area contributed by atoms with Crippen LogP contribution in [0.2, 0.25) is 0 Å². The van der Waals surface area contributed by atoms with Crippen LogP contribution in [0, 0.1) is 5.92 Å². The number of rotatable bonds is 6. The summed E-state index contributed by atoms with van der Waals surface area (Å²) in [5, 5.41) is 13.3. The average molecular weight is 335 g/mol. The largest absolute Gasteiger partial charge is 0.545 e. The molecule has 1 aliphatic rings. The molecule has 0 spiro atoms. The minimum absolute atomic E-state index is 0.357. The molecule has 0 fully saturated rings. The Morgan fingerprint density at radius 2 is 2.13 bits per heavy atom. The van der Waals surface area contributed by atoms with E-state index in [-0.39, 0.29) is 0 Å². The molecule has 0 aliphatic heterocycles. The van der Waals surface area contributed by atoms with Gasteiger partial charge in [-0.1, -0.05) is 19.8 Å². The van der Waals surface area contributed by atoms with E-state index >= 15 is 0 Å². The van der Waals surface area contributed by atoms with Gasteiger partial charge in [-0.25, -0.2) is 0 Å². The average Bonchev–Trinajstić information content (AvgIpc) is 2.82. The first kappa shape index (κ1) is 17.2. The van der Waals surface area contributed by atoms with Crippen molar-refractivity contribution in [1.29, 1.82) is 0 Å². The van der Waals surface area contributed by atoms with Gasteiger partial charge in [-0.3, -0.25) is 9.59 Å². The number of thiophene rings is 1. The molecule has 7 heteroatoms. The van der Waals surface area contributed by atoms with E-state index in [1.54, 1.807) is 0 Å². The molecular formula is C16H19N2O4S-. The number of aliphatic carboxylic acids is 1. The number of carbonyl (C=O) groups excluding carboxylic acids is 3. The molecule has 1 unspecified atom stereocenters. The maximum atomic E-state index is 11.8. The van der Waals surface area contributed by atoms with Crippen LogP contribution in [0.25, 0.3) is 0 Å². The third kappa shape index (κ3) is 4.19. The van der Waals surface area contributed by atoms with Crippen LogP contribution in [0.15, 0.2) is 12.2 Å². The summed E-state index contributed by atoms with van der Waals surface area (Å²) in [6, 6.07) is 0. The van der Waals surface area contributed by atoms with Crippen molar-refractivity contribution in [3.8, 4) is 0 Å². The number of nitrogens with two attached hydrogens (primary N) is 1. The first-order valence-corrected chi connectivity index (χ1v) is 8.38. The van der Waals surface area contributed by atoms with Gasteiger partial charge in [-0.05, 0) is 36.8 Å². The minimum Gasteiger partial charge on any atom is -0.545 e. The van der Waals surface area contributed by atoms with E-state index in [2.05, 4.69) is 12.2 Å². The SMILES string of the molecule is CCCC1CCc2c(sc(NC(=O)C=CC(=O)[O-])c2C(N)=O)C1. The molecule has 3 N–H and O–H groups in total. The fraction of sp³-hybridized carbons (Fsp3) is 0.438. The molecule has 1 aliphatic carbocycles. The van der Waals surface area contributed by atoms with Crippen LogP contribution < -0.4 is 16.2 Å². The summed E-state index contributed by atoms with van der Waals surface area (Å²) in [6.45, 7) is 2.15. The van der Waals surface area contributed by atoms with Gasteiger partial charge < -0.3 is 21.0 Å². The molecule has 0 saturated carbocycles. The van der Waals surface area contributed by atoms with Crippen molar-refractivity contribution in [2.24, 2.45) is 11.7 Å². The Balaban J connectivity index is 2.25. The molecule has 0 saturated heterocycles. The van der Waals surface area contributed by atoms with Gasteiger partial charge in [0.05, 0.1) is 11.5 Å². The second-order valence-electron chi connectivity index (χ2n) is 5.61. The molecule has 0 bridgehead atoms. The highest BCUT2D eigenvalue weighted by Crippen LogP contribution is 2.40. The standard InChI is InChI=1S/C16H20N2O4S/c1-2-3-9-4-5-10-11(8-9)23-16(14(10)15(17)22)18-12(19)6-7-13(20)21/h6-7,9H,2-5,8H2,1H3,(H2,17,22)(H,18,19)(H,20,21)/p-1. The molecule has 1 atom stereocenters. The van der Waals surface area contributed by atoms with Crippen molar-refractivity contribution in [3.05, 3.63) is 28.2 Å². The van der Waals surface area contributed by atoms with Crippen LogP contribution in [0.1, 0.15) is 47.0 Å². The maximum Gasteiger partial charge on any atom is 0.251 e. The van der Waals surface area contributed by atoms with E-state index in [4.69, 9.17) is 5.73 Å². The van der Waals surface area contributed by atoms with Crippen molar-refractivity contribution in [2.75, 3.05) is 5.32 Å². The van der Waals surface area contributed by atoms with Crippen LogP contribution in [0.4, 0.5) is 5.00 Å². The number of amides is 2. The predicted octanol–water partition coefficient (Wildman–Crippen LogP) is 0.997. The lowest BCUT2D eigenvalue weighted by Crippen LogP contribution is -2.21. The molecular weight excluding hydrogens is 316 g/mol. The normalized spacial score (nSPS) is 17.0. The van der Waals surface area contributed by atoms with Gasteiger partial charge >= 0.3 is 0 Å². The van der Waals surface area contributed by atoms with Crippen molar-refractivity contribution in [3.63, 3.8) is 0 Å². The van der Waals surface area contributed by atoms with E-state index < -0.39 is 17.8 Å². The molecule has 124 valence electrons. The Hall–Kier alpha value is -2.15. The quantitative estimate of drug-likeness (QED) is 0.755. The lowest BCUT2D eigenvalue weighted by molar-refractivity contribution is -0.297. The van der Waals surface area contributed by atoms with Crippen LogP contribution in [0.3, 0.4) is 0 Å². The molecule has 6 nitrogen and oxygen atoms in total. The lowest BCUT2D eigenvalue weighted by Gasteiger charge is -2.21. The number of carboxylic acids is 1. The zero-order valence-electron chi connectivity index (χ0n) is 12.9. The molecule has 23 heavy (non-hydrogen) atoms. The topological polar surface area (TPSA) is 112 Å². The van der Waals surface area contributed by atoms with Crippen molar-refractivity contribution < 1.29 is 19.5 Å². The van der Waals surface area contributed by atoms with Crippen molar-refractivity contribution >= 4 is 34.1 Å². The predicted molar refractivity (Wildman–Crippen MR) is 86.0 cm³/mol. The molecule has 1 aromatic rings. The molecule has 2 rings (SSSR count). The van der Waals surface area contributed by atoms with Crippen LogP contribution in [-0.4, -0.2) is 17.8 Å². The van der Waals surface area contributed by atoms with E-state index in [9.17, 15) is 19.5 Å². The van der Waals surface area contributed by atoms with Crippen LogP contribution in [-0.2, 0) is 22.4 Å². The summed E-state index contributed by atoms with van der Waals surface area (Å²) in [4.78, 5) is 34.9. The lowest BCUT2D eigenvalue weighted by atomic mass is 9.84. The minimum atomic E-state index is -1.46. The van der Waals surface area contributed by atoms with E-state index in [0.29, 0.717) is 22.6 Å². The number of anilines is 1. The zero-order chi connectivity index (χ0) is 17.0. The van der Waals surface area contributed by atoms with Crippen molar-refractivity contribution in [1.82, 2.24) is 0 Å². The monoisotopic (exact) mass is 335 g/mol. The Labute approximate surface area is 138 Å². The summed E-state index contributed by atoms with van der Waals surface area (Å²) in [5.41, 5.74) is 6.75. The summed E-state index contributed by atoms with van der Waals surface area (Å²) in [5.74, 6) is -2.06. The summed E-state index contributed by atoms with van der Waals surface area (Å²) < 4.78 is 0. The fourth-order valence-electron chi connectivity index (χ4n) is 2.95. The second kappa shape index (κ2) is 7.41. The maximum absolute atomic E-state index is 11.8. The number of nitrogens with one attached hydrogen (secondary N) is 1. The number of primary amides is 1. The van der Waals surface area contributed by atoms with Gasteiger partial charge in [-0.15, -0.1) is 11.3 Å². The molecule has 0 radical (unpaired) electrons. The zero-order valence-corrected chi connectivity index (χ0v) is 13.7. The highest BCUT2D eigenvalue weighted by atomic mass is 32.1. The van der Waals surface area contributed by atoms with Crippen LogP contribution >= 0.6 is 11.3 Å². The van der Waals surface area contributed by atoms with Crippen LogP contribution in [0.5, 0.6) is 0 Å². The Kier molecular flexibility index (Phi) is 5.54. The Morgan fingerprint density at radius 3 is 2.74 bits per heavy atom. The number of hydrogen-bond acceptors (Lipinski definition) is 5. The third-order valence-electron chi connectivity index (χ3n) is 3.92. The Morgan fingerprint density at radius 1 is 1.39 bits per heavy atom. The first-order chi connectivity index (χ1) is 10.9. The summed E-state index contributed by atoms with van der Waals surface area (Å²) >= 11 is 1.35. The summed E-state index contributed by atoms with van der Waals surface area (Å²) in [6.07, 6.45) is 6.43. The molecule has 0 aromatic carbocycles. The third-order valence-corrected chi connectivity index (χ3v) is 5.09. The summed E-state index contributed by atoms with van der Waals surface area (Å²) in [7, 11) is 0. The van der Waals surface area contributed by atoms with Gasteiger partial charge in [0.15, 0.2) is 0 Å². The molecule has 1 heterocycles. The van der Waals surface area contributed by atoms with Gasteiger partial charge in [0.1, 0.15) is 5.00 Å². The van der Waals surface area contributed by atoms with Gasteiger partial charge in [0, 0.05) is 11.0 Å². The van der Waals surface area contributed by atoms with E-state index in [1.165, 1.54) is 11.3 Å². The van der Waals surface area contributed by atoms with E-state index in [0.717, 1.165) is 48.6 Å². The fourth-order valence-corrected chi connectivity index (χ4v) is 4.33. The molecule has 1 aromatic heterocycles. The van der Waals surface area contributed by atoms with E-state index in [1.807, 2.05) is 0 Å². The number of hydrogen-bond donors (Lipinski definition) is 2. The number of carbonyl (C=O) groups is 3. The second-order valence-corrected chi connectivity index (χ2v) is 6.72. The van der Waals surface area contributed by atoms with Gasteiger partial charge in [0.25, 0.3) is 5.91 Å². The number of carboxylic acid groups (broad SMARTS) is 1. The van der Waals surface area contributed by atoms with Gasteiger partial charge in [-0.2, -0.15) is 0 Å². The van der Waals surface area contributed by atoms with Crippen molar-refractivity contribution in [2.45, 2.75) is 39.0 Å². The smallest absolute Gasteiger partial charge is 0.251 e. The first-order valence-electron chi connectivity index (χ1n) is 7.56.